The lowest BCUT2D eigenvalue weighted by Gasteiger charge is -2.21. The van der Waals surface area contributed by atoms with Gasteiger partial charge in [0.2, 0.25) is 0 Å². The summed E-state index contributed by atoms with van der Waals surface area (Å²) >= 11 is 1.55. The number of amides is 1. The van der Waals surface area contributed by atoms with Crippen molar-refractivity contribution in [2.75, 3.05) is 12.4 Å². The van der Waals surface area contributed by atoms with Crippen LogP contribution in [-0.2, 0) is 4.79 Å². The Morgan fingerprint density at radius 3 is 2.32 bits per heavy atom. The molecule has 0 aromatic rings. The Labute approximate surface area is 138 Å². The van der Waals surface area contributed by atoms with Gasteiger partial charge in [-0.2, -0.15) is 4.99 Å². The van der Waals surface area contributed by atoms with Crippen molar-refractivity contribution in [1.82, 2.24) is 0 Å². The van der Waals surface area contributed by atoms with Gasteiger partial charge < -0.3 is 15.9 Å². The predicted octanol–water partition coefficient (Wildman–Crippen LogP) is 2.89. The van der Waals surface area contributed by atoms with Crippen LogP contribution in [0.1, 0.15) is 48.0 Å². The lowest BCUT2D eigenvalue weighted by atomic mass is 9.92. The molecule has 6 heteroatoms. The number of aliphatic hydroxyl groups is 2. The van der Waals surface area contributed by atoms with Gasteiger partial charge in [0.15, 0.2) is 0 Å². The fourth-order valence-electron chi connectivity index (χ4n) is 1.31. The topological polar surface area (TPSA) is 95.9 Å². The fraction of sp³-hybridized carbons (Fsp3) is 0.750. The lowest BCUT2D eigenvalue weighted by molar-refractivity contribution is -0.119. The molecule has 0 saturated heterocycles. The number of carbonyl (C=O) groups excluding carboxylic acids is 1. The summed E-state index contributed by atoms with van der Waals surface area (Å²) in [4.78, 5) is 16.1. The number of nitrogens with zero attached hydrogens (tertiary/aromatic N) is 1. The molecule has 0 aromatic heterocycles. The van der Waals surface area contributed by atoms with E-state index < -0.39 is 10.2 Å². The molecule has 0 aliphatic rings. The molecular weight excluding hydrogens is 300 g/mol. The summed E-state index contributed by atoms with van der Waals surface area (Å²) in [6.07, 6.45) is 2.26. The average Bonchev–Trinajstić information content (AvgIpc) is 2.37. The van der Waals surface area contributed by atoms with E-state index in [0.717, 1.165) is 12.2 Å². The van der Waals surface area contributed by atoms with Crippen LogP contribution in [0.15, 0.2) is 16.8 Å². The summed E-state index contributed by atoms with van der Waals surface area (Å²) in [6, 6.07) is 0. The van der Waals surface area contributed by atoms with Crippen molar-refractivity contribution < 1.29 is 15.0 Å². The highest BCUT2D eigenvalue weighted by Gasteiger charge is 2.28. The van der Waals surface area contributed by atoms with Crippen LogP contribution in [-0.4, -0.2) is 39.1 Å². The Hall–Kier alpha value is -1.01. The highest BCUT2D eigenvalue weighted by atomic mass is 32.2. The number of aliphatic imine (C=N–C) groups is 1. The van der Waals surface area contributed by atoms with Crippen LogP contribution in [0.4, 0.5) is 0 Å². The second-order valence-electron chi connectivity index (χ2n) is 6.95. The number of nitrogens with two attached hydrogens (primary N) is 1. The molecule has 22 heavy (non-hydrogen) atoms. The van der Waals surface area contributed by atoms with Gasteiger partial charge in [-0.15, -0.1) is 11.8 Å². The van der Waals surface area contributed by atoms with Gasteiger partial charge in [-0.25, -0.2) is 0 Å². The Morgan fingerprint density at radius 1 is 1.32 bits per heavy atom. The molecule has 0 saturated carbocycles. The van der Waals surface area contributed by atoms with Crippen molar-refractivity contribution in [3.05, 3.63) is 11.8 Å². The SMILES string of the molecule is CC(C)CCSC(C)(C)C(=O)N=C(N)/C=C(\O)C(C)(C)CO. The third kappa shape index (κ3) is 7.31. The second-order valence-corrected chi connectivity index (χ2v) is 8.67. The summed E-state index contributed by atoms with van der Waals surface area (Å²) in [5, 5.41) is 19.1. The monoisotopic (exact) mass is 330 g/mol. The van der Waals surface area contributed by atoms with E-state index in [1.807, 2.05) is 13.8 Å². The van der Waals surface area contributed by atoms with Crippen molar-refractivity contribution in [1.29, 1.82) is 0 Å². The number of amidine groups is 1. The third-order valence-corrected chi connectivity index (χ3v) is 4.61. The first-order valence-corrected chi connectivity index (χ1v) is 8.45. The fourth-order valence-corrected chi connectivity index (χ4v) is 2.58. The van der Waals surface area contributed by atoms with Gasteiger partial charge in [0.05, 0.1) is 11.4 Å². The van der Waals surface area contributed by atoms with E-state index in [-0.39, 0.29) is 24.1 Å². The van der Waals surface area contributed by atoms with Gasteiger partial charge in [0.1, 0.15) is 11.6 Å². The first-order chi connectivity index (χ1) is 9.92. The van der Waals surface area contributed by atoms with Crippen molar-refractivity contribution in [2.45, 2.75) is 52.7 Å². The van der Waals surface area contributed by atoms with Gasteiger partial charge in [0, 0.05) is 11.5 Å². The molecule has 0 aromatic carbocycles. The first kappa shape index (κ1) is 21.0. The maximum absolute atomic E-state index is 12.2. The normalized spacial score (nSPS) is 14.5. The van der Waals surface area contributed by atoms with E-state index in [2.05, 4.69) is 18.8 Å². The van der Waals surface area contributed by atoms with Crippen LogP contribution >= 0.6 is 11.8 Å². The Bertz CT molecular complexity index is 441. The van der Waals surface area contributed by atoms with E-state index in [0.29, 0.717) is 5.92 Å². The van der Waals surface area contributed by atoms with Gasteiger partial charge in [-0.1, -0.05) is 27.7 Å². The first-order valence-electron chi connectivity index (χ1n) is 7.47. The predicted molar refractivity (Wildman–Crippen MR) is 94.2 cm³/mol. The average molecular weight is 330 g/mol. The Kier molecular flexibility index (Phi) is 8.18. The molecule has 5 nitrogen and oxygen atoms in total. The quantitative estimate of drug-likeness (QED) is 0.361. The van der Waals surface area contributed by atoms with E-state index in [4.69, 9.17) is 5.73 Å². The molecule has 0 heterocycles. The van der Waals surface area contributed by atoms with E-state index >= 15 is 0 Å². The number of rotatable bonds is 8. The molecule has 1 amide bonds. The largest absolute Gasteiger partial charge is 0.512 e. The maximum Gasteiger partial charge on any atom is 0.263 e. The number of aliphatic hydroxyl groups excluding tert-OH is 2. The smallest absolute Gasteiger partial charge is 0.263 e. The van der Waals surface area contributed by atoms with Gasteiger partial charge in [0.25, 0.3) is 5.91 Å². The summed E-state index contributed by atoms with van der Waals surface area (Å²) in [5.74, 6) is 0.984. The summed E-state index contributed by atoms with van der Waals surface area (Å²) in [7, 11) is 0. The Balaban J connectivity index is 4.89. The lowest BCUT2D eigenvalue weighted by Crippen LogP contribution is -2.29. The van der Waals surface area contributed by atoms with Crippen LogP contribution < -0.4 is 5.73 Å². The molecular formula is C16H30N2O3S. The number of hydrogen-bond donors (Lipinski definition) is 3. The minimum Gasteiger partial charge on any atom is -0.512 e. The standard InChI is InChI=1S/C16H30N2O3S/c1-11(2)7-8-22-16(5,6)14(21)18-13(17)9-12(20)15(3,4)10-19/h9,11,19-20H,7-8,10H2,1-6H3,(H2,17,18,21)/b12-9-. The van der Waals surface area contributed by atoms with Crippen LogP contribution in [0.3, 0.4) is 0 Å². The summed E-state index contributed by atoms with van der Waals surface area (Å²) in [5.41, 5.74) is 4.89. The molecule has 0 rings (SSSR count). The zero-order valence-corrected chi connectivity index (χ0v) is 15.3. The summed E-state index contributed by atoms with van der Waals surface area (Å²) < 4.78 is -0.657. The zero-order chi connectivity index (χ0) is 17.6. The molecule has 128 valence electrons. The van der Waals surface area contributed by atoms with Crippen LogP contribution in [0.5, 0.6) is 0 Å². The van der Waals surface area contributed by atoms with Crippen molar-refractivity contribution in [2.24, 2.45) is 22.1 Å². The van der Waals surface area contributed by atoms with Gasteiger partial charge >= 0.3 is 0 Å². The highest BCUT2D eigenvalue weighted by Crippen LogP contribution is 2.28. The van der Waals surface area contributed by atoms with Crippen LogP contribution in [0.2, 0.25) is 0 Å². The number of thioether (sulfide) groups is 1. The molecule has 0 aliphatic carbocycles. The second kappa shape index (κ2) is 8.58. The van der Waals surface area contributed by atoms with Crippen molar-refractivity contribution >= 4 is 23.5 Å². The summed E-state index contributed by atoms with van der Waals surface area (Å²) in [6.45, 7) is 11.0. The van der Waals surface area contributed by atoms with Crippen molar-refractivity contribution in [3.8, 4) is 0 Å². The van der Waals surface area contributed by atoms with Crippen LogP contribution in [0, 0.1) is 11.3 Å². The van der Waals surface area contributed by atoms with E-state index in [1.54, 1.807) is 25.6 Å². The molecule has 0 atom stereocenters. The Morgan fingerprint density at radius 2 is 1.86 bits per heavy atom. The molecule has 0 spiro atoms. The molecule has 4 N–H and O–H groups in total. The number of hydrogen-bond acceptors (Lipinski definition) is 4. The maximum atomic E-state index is 12.2. The van der Waals surface area contributed by atoms with Gasteiger partial charge in [-0.3, -0.25) is 4.79 Å². The molecule has 0 radical (unpaired) electrons. The zero-order valence-electron chi connectivity index (χ0n) is 14.5. The highest BCUT2D eigenvalue weighted by molar-refractivity contribution is 8.01. The van der Waals surface area contributed by atoms with Crippen molar-refractivity contribution in [3.63, 3.8) is 0 Å². The van der Waals surface area contributed by atoms with E-state index in [9.17, 15) is 15.0 Å². The molecule has 0 unspecified atom stereocenters. The molecule has 0 aliphatic heterocycles. The third-order valence-electron chi connectivity index (χ3n) is 3.28. The minimum absolute atomic E-state index is 0.0541. The minimum atomic E-state index is -0.815. The van der Waals surface area contributed by atoms with Gasteiger partial charge in [-0.05, 0) is 31.9 Å². The molecule has 0 fully saturated rings. The number of carbonyl (C=O) groups is 1. The molecule has 0 bridgehead atoms. The van der Waals surface area contributed by atoms with Crippen LogP contribution in [0.25, 0.3) is 0 Å². The van der Waals surface area contributed by atoms with E-state index in [1.165, 1.54) is 6.08 Å².